The van der Waals surface area contributed by atoms with Gasteiger partial charge in [-0.05, 0) is 30.5 Å². The van der Waals surface area contributed by atoms with Crippen LogP contribution in [-0.2, 0) is 22.5 Å². The second kappa shape index (κ2) is 13.0. The maximum atomic E-state index is 12.3. The smallest absolute Gasteiger partial charge is 0.220 e. The maximum absolute atomic E-state index is 12.3. The number of aryl methyl sites for hydroxylation is 1. The summed E-state index contributed by atoms with van der Waals surface area (Å²) in [4.78, 5) is 21.6. The van der Waals surface area contributed by atoms with Gasteiger partial charge in [0.15, 0.2) is 10.8 Å². The van der Waals surface area contributed by atoms with Crippen LogP contribution in [0.5, 0.6) is 5.75 Å². The zero-order valence-electron chi connectivity index (χ0n) is 19.5. The molecule has 2 heterocycles. The highest BCUT2D eigenvalue weighted by atomic mass is 32.2. The van der Waals surface area contributed by atoms with E-state index in [-0.39, 0.29) is 5.91 Å². The Hall–Kier alpha value is -2.85. The third-order valence-electron chi connectivity index (χ3n) is 4.96. The molecule has 2 aromatic heterocycles. The largest absolute Gasteiger partial charge is 0.497 e. The lowest BCUT2D eigenvalue weighted by molar-refractivity contribution is -0.121. The minimum absolute atomic E-state index is 0.0121. The van der Waals surface area contributed by atoms with Crippen molar-refractivity contribution < 1.29 is 14.3 Å². The molecule has 0 saturated carbocycles. The molecule has 0 aliphatic rings. The molecule has 0 bridgehead atoms. The van der Waals surface area contributed by atoms with Crippen LogP contribution in [0.1, 0.15) is 25.3 Å². The molecule has 9 nitrogen and oxygen atoms in total. The van der Waals surface area contributed by atoms with E-state index in [0.717, 1.165) is 45.5 Å². The molecule has 0 unspecified atom stereocenters. The van der Waals surface area contributed by atoms with E-state index in [1.807, 2.05) is 28.9 Å². The number of rotatable bonds is 14. The van der Waals surface area contributed by atoms with Gasteiger partial charge in [0, 0.05) is 32.4 Å². The molecule has 0 aliphatic heterocycles. The fraction of sp³-hybridized carbons (Fsp3) is 0.478. The molecule has 2 N–H and O–H groups in total. The monoisotopic (exact) mass is 472 g/mol. The predicted octanol–water partition coefficient (Wildman–Crippen LogP) is 3.14. The third-order valence-corrected chi connectivity index (χ3v) is 6.01. The van der Waals surface area contributed by atoms with Gasteiger partial charge < -0.3 is 20.1 Å². The van der Waals surface area contributed by atoms with Crippen LogP contribution in [0.15, 0.2) is 35.6 Å². The Morgan fingerprint density at radius 3 is 2.70 bits per heavy atom. The zero-order valence-corrected chi connectivity index (χ0v) is 20.3. The molecule has 0 atom stereocenters. The second-order valence-corrected chi connectivity index (χ2v) is 8.49. The van der Waals surface area contributed by atoms with Crippen molar-refractivity contribution in [1.29, 1.82) is 0 Å². The van der Waals surface area contributed by atoms with Crippen LogP contribution in [-0.4, -0.2) is 65.3 Å². The average molecular weight is 473 g/mol. The number of fused-ring (bicyclic) bond motifs is 1. The molecule has 0 spiro atoms. The highest BCUT2D eigenvalue weighted by Gasteiger charge is 2.13. The van der Waals surface area contributed by atoms with Gasteiger partial charge in [-0.1, -0.05) is 30.8 Å². The summed E-state index contributed by atoms with van der Waals surface area (Å²) in [6, 6.07) is 7.77. The van der Waals surface area contributed by atoms with Gasteiger partial charge in [0.25, 0.3) is 0 Å². The SMILES string of the molecule is CCCSc1nc(NCCOC)c2cnn(CCNC(=O)CCc3ccc(OC)cc3)c2n1. The van der Waals surface area contributed by atoms with Crippen LogP contribution < -0.4 is 15.4 Å². The predicted molar refractivity (Wildman–Crippen MR) is 131 cm³/mol. The number of hydrogen-bond donors (Lipinski definition) is 2. The minimum atomic E-state index is 0.0121. The highest BCUT2D eigenvalue weighted by molar-refractivity contribution is 7.99. The number of anilines is 1. The number of methoxy groups -OCH3 is 2. The van der Waals surface area contributed by atoms with Crippen LogP contribution in [0, 0.1) is 0 Å². The summed E-state index contributed by atoms with van der Waals surface area (Å²) in [5.74, 6) is 2.52. The maximum Gasteiger partial charge on any atom is 0.220 e. The number of hydrogen-bond acceptors (Lipinski definition) is 8. The second-order valence-electron chi connectivity index (χ2n) is 7.43. The summed E-state index contributed by atoms with van der Waals surface area (Å²) >= 11 is 1.62. The minimum Gasteiger partial charge on any atom is -0.497 e. The Morgan fingerprint density at radius 1 is 1.15 bits per heavy atom. The molecule has 3 rings (SSSR count). The number of nitrogens with one attached hydrogen (secondary N) is 2. The number of nitrogens with zero attached hydrogens (tertiary/aromatic N) is 4. The van der Waals surface area contributed by atoms with Crippen LogP contribution >= 0.6 is 11.8 Å². The van der Waals surface area contributed by atoms with Crippen molar-refractivity contribution in [1.82, 2.24) is 25.1 Å². The van der Waals surface area contributed by atoms with Gasteiger partial charge in [0.1, 0.15) is 11.6 Å². The number of benzene rings is 1. The van der Waals surface area contributed by atoms with Gasteiger partial charge in [-0.25, -0.2) is 14.6 Å². The molecule has 1 amide bonds. The highest BCUT2D eigenvalue weighted by Crippen LogP contribution is 2.24. The number of amides is 1. The Labute approximate surface area is 198 Å². The third kappa shape index (κ3) is 7.33. The van der Waals surface area contributed by atoms with Crippen molar-refractivity contribution in [2.45, 2.75) is 37.9 Å². The standard InChI is InChI=1S/C23H32N6O3S/c1-4-15-33-23-27-21(25-12-14-31-2)19-16-26-29(22(19)28-23)13-11-24-20(30)10-7-17-5-8-18(32-3)9-6-17/h5-6,8-9,16H,4,7,10-15H2,1-3H3,(H,24,30)(H,25,27,28). The molecular weight excluding hydrogens is 440 g/mol. The first kappa shape index (κ1) is 24.8. The molecule has 3 aromatic rings. The van der Waals surface area contributed by atoms with Crippen LogP contribution in [0.3, 0.4) is 0 Å². The van der Waals surface area contributed by atoms with E-state index in [4.69, 9.17) is 14.5 Å². The van der Waals surface area contributed by atoms with Gasteiger partial charge in [0.05, 0.1) is 31.8 Å². The first-order valence-corrected chi connectivity index (χ1v) is 12.1. The molecule has 0 saturated heterocycles. The molecule has 1 aromatic carbocycles. The van der Waals surface area contributed by atoms with Crippen LogP contribution in [0.4, 0.5) is 5.82 Å². The van der Waals surface area contributed by atoms with Crippen LogP contribution in [0.25, 0.3) is 11.0 Å². The van der Waals surface area contributed by atoms with E-state index in [9.17, 15) is 4.79 Å². The number of ether oxygens (including phenoxy) is 2. The molecule has 0 fully saturated rings. The Kier molecular flexibility index (Phi) is 9.77. The topological polar surface area (TPSA) is 103 Å². The number of aromatic nitrogens is 4. The van der Waals surface area contributed by atoms with Crippen LogP contribution in [0.2, 0.25) is 0 Å². The van der Waals surface area contributed by atoms with Crippen molar-refractivity contribution in [3.8, 4) is 5.75 Å². The summed E-state index contributed by atoms with van der Waals surface area (Å²) in [5, 5.41) is 12.3. The van der Waals surface area contributed by atoms with E-state index in [2.05, 4.69) is 27.6 Å². The van der Waals surface area contributed by atoms with Crippen molar-refractivity contribution >= 4 is 34.5 Å². The summed E-state index contributed by atoms with van der Waals surface area (Å²) in [6.45, 7) is 4.37. The lowest BCUT2D eigenvalue weighted by atomic mass is 10.1. The normalized spacial score (nSPS) is 11.0. The van der Waals surface area contributed by atoms with Gasteiger partial charge in [-0.2, -0.15) is 5.10 Å². The van der Waals surface area contributed by atoms with Crippen molar-refractivity contribution in [3.05, 3.63) is 36.0 Å². The number of thioether (sulfide) groups is 1. The van der Waals surface area contributed by atoms with Gasteiger partial charge >= 0.3 is 0 Å². The zero-order chi connectivity index (χ0) is 23.5. The lowest BCUT2D eigenvalue weighted by Gasteiger charge is -2.10. The average Bonchev–Trinajstić information content (AvgIpc) is 3.25. The van der Waals surface area contributed by atoms with E-state index in [1.165, 1.54) is 0 Å². The Bertz CT molecular complexity index is 1020. The van der Waals surface area contributed by atoms with E-state index < -0.39 is 0 Å². The summed E-state index contributed by atoms with van der Waals surface area (Å²) < 4.78 is 12.1. The lowest BCUT2D eigenvalue weighted by Crippen LogP contribution is -2.27. The summed E-state index contributed by atoms with van der Waals surface area (Å²) in [6.07, 6.45) is 3.92. The molecule has 33 heavy (non-hydrogen) atoms. The Balaban J connectivity index is 1.58. The molecule has 178 valence electrons. The summed E-state index contributed by atoms with van der Waals surface area (Å²) in [5.41, 5.74) is 1.86. The van der Waals surface area contributed by atoms with Gasteiger partial charge in [-0.3, -0.25) is 4.79 Å². The van der Waals surface area contributed by atoms with E-state index >= 15 is 0 Å². The van der Waals surface area contributed by atoms with Gasteiger partial charge in [-0.15, -0.1) is 0 Å². The van der Waals surface area contributed by atoms with E-state index in [1.54, 1.807) is 32.2 Å². The fourth-order valence-corrected chi connectivity index (χ4v) is 3.90. The first-order chi connectivity index (χ1) is 16.1. The quantitative estimate of drug-likeness (QED) is 0.210. The number of carbonyl (C=O) groups excluding carboxylic acids is 1. The van der Waals surface area contributed by atoms with Crippen molar-refractivity contribution in [2.24, 2.45) is 0 Å². The van der Waals surface area contributed by atoms with Crippen molar-refractivity contribution in [2.75, 3.05) is 45.0 Å². The number of carbonyl (C=O) groups is 1. The Morgan fingerprint density at radius 2 is 1.97 bits per heavy atom. The molecule has 0 radical (unpaired) electrons. The first-order valence-electron chi connectivity index (χ1n) is 11.1. The van der Waals surface area contributed by atoms with Gasteiger partial charge in [0.2, 0.25) is 5.91 Å². The fourth-order valence-electron chi connectivity index (χ4n) is 3.20. The van der Waals surface area contributed by atoms with E-state index in [0.29, 0.717) is 39.1 Å². The summed E-state index contributed by atoms with van der Waals surface area (Å²) in [7, 11) is 3.31. The molecular formula is C23H32N6O3S. The molecule has 10 heteroatoms. The molecule has 0 aliphatic carbocycles. The van der Waals surface area contributed by atoms with Crippen molar-refractivity contribution in [3.63, 3.8) is 0 Å².